The van der Waals surface area contributed by atoms with Crippen LogP contribution in [0.5, 0.6) is 0 Å². The molecule has 0 aliphatic rings. The van der Waals surface area contributed by atoms with Gasteiger partial charge in [-0.05, 0) is 75.2 Å². The van der Waals surface area contributed by atoms with Crippen LogP contribution < -0.4 is 4.72 Å². The third-order valence-electron chi connectivity index (χ3n) is 6.09. The number of hydrogen-bond donors (Lipinski definition) is 1. The molecule has 1 aromatic carbocycles. The Bertz CT molecular complexity index is 927. The van der Waals surface area contributed by atoms with Gasteiger partial charge in [-0.2, -0.15) is 0 Å². The second-order valence-electron chi connectivity index (χ2n) is 10.8. The standard InChI is InChI=1S/C24H36F2N2O2SSi/c1-22(2,3)31(29)28-24(7,18-11-12-19(25)20(26)14-18)21-13-10-17(15-27-21)16-30-32(8,9)23(4,5)6/h10-15,28H,16H2,1-9H3/t24-,31?/m0/s1. The zero-order valence-corrected chi connectivity index (χ0v) is 22.4. The zero-order chi connectivity index (χ0) is 24.5. The molecular formula is C24H36F2N2O2SSi. The van der Waals surface area contributed by atoms with E-state index in [1.165, 1.54) is 6.07 Å². The van der Waals surface area contributed by atoms with Crippen molar-refractivity contribution in [1.82, 2.24) is 9.71 Å². The van der Waals surface area contributed by atoms with Gasteiger partial charge in [-0.1, -0.05) is 32.9 Å². The van der Waals surface area contributed by atoms with Crippen LogP contribution in [0.2, 0.25) is 18.1 Å². The molecule has 0 radical (unpaired) electrons. The number of benzene rings is 1. The molecule has 0 spiro atoms. The van der Waals surface area contributed by atoms with Crippen LogP contribution in [0, 0.1) is 11.6 Å². The fourth-order valence-electron chi connectivity index (χ4n) is 2.69. The molecule has 4 nitrogen and oxygen atoms in total. The van der Waals surface area contributed by atoms with Crippen LogP contribution >= 0.6 is 0 Å². The van der Waals surface area contributed by atoms with Gasteiger partial charge in [0.1, 0.15) is 10.3 Å². The van der Waals surface area contributed by atoms with E-state index < -0.39 is 41.6 Å². The summed E-state index contributed by atoms with van der Waals surface area (Å²) >= 11 is -1.48. The second-order valence-corrected chi connectivity index (χ2v) is 17.6. The van der Waals surface area contributed by atoms with Crippen molar-refractivity contribution in [2.45, 2.75) is 83.5 Å². The lowest BCUT2D eigenvalue weighted by molar-refractivity contribution is 0.276. The molecule has 32 heavy (non-hydrogen) atoms. The number of aromatic nitrogens is 1. The van der Waals surface area contributed by atoms with E-state index in [-0.39, 0.29) is 5.04 Å². The Labute approximate surface area is 195 Å². The highest BCUT2D eigenvalue weighted by Crippen LogP contribution is 2.37. The van der Waals surface area contributed by atoms with Crippen molar-refractivity contribution in [1.29, 1.82) is 0 Å². The molecule has 0 saturated heterocycles. The lowest BCUT2D eigenvalue weighted by Gasteiger charge is -2.36. The van der Waals surface area contributed by atoms with Crippen LogP contribution in [-0.4, -0.2) is 22.6 Å². The van der Waals surface area contributed by atoms with Gasteiger partial charge in [-0.25, -0.2) is 8.78 Å². The van der Waals surface area contributed by atoms with Crippen molar-refractivity contribution in [3.63, 3.8) is 0 Å². The predicted molar refractivity (Wildman–Crippen MR) is 130 cm³/mol. The Morgan fingerprint density at radius 3 is 2.09 bits per heavy atom. The molecule has 0 aliphatic heterocycles. The molecule has 2 atom stereocenters. The maximum Gasteiger partial charge on any atom is 0.192 e. The summed E-state index contributed by atoms with van der Waals surface area (Å²) in [6, 6.07) is 7.42. The van der Waals surface area contributed by atoms with Gasteiger partial charge in [-0.15, -0.1) is 4.72 Å². The van der Waals surface area contributed by atoms with Crippen molar-refractivity contribution in [2.24, 2.45) is 0 Å². The van der Waals surface area contributed by atoms with E-state index in [4.69, 9.17) is 4.43 Å². The molecule has 2 aromatic rings. The van der Waals surface area contributed by atoms with Crippen molar-refractivity contribution < 1.29 is 17.8 Å². The van der Waals surface area contributed by atoms with E-state index in [1.807, 2.05) is 32.9 Å². The molecule has 8 heteroatoms. The second kappa shape index (κ2) is 9.50. The molecule has 0 amide bonds. The lowest BCUT2D eigenvalue weighted by atomic mass is 9.89. The molecule has 178 valence electrons. The van der Waals surface area contributed by atoms with E-state index >= 15 is 0 Å². The van der Waals surface area contributed by atoms with E-state index in [2.05, 4.69) is 43.6 Å². The molecule has 0 fully saturated rings. The summed E-state index contributed by atoms with van der Waals surface area (Å²) in [6.07, 6.45) is 1.72. The van der Waals surface area contributed by atoms with Gasteiger partial charge < -0.3 is 8.98 Å². The molecule has 0 saturated carbocycles. The molecular weight excluding hydrogens is 446 g/mol. The Balaban J connectivity index is 2.38. The largest absolute Gasteiger partial charge is 0.598 e. The monoisotopic (exact) mass is 482 g/mol. The molecule has 0 aliphatic carbocycles. The normalized spacial score (nSPS) is 16.0. The first-order valence-corrected chi connectivity index (χ1v) is 14.8. The summed E-state index contributed by atoms with van der Waals surface area (Å²) in [5, 5.41) is 0.104. The predicted octanol–water partition coefficient (Wildman–Crippen LogP) is 6.20. The third-order valence-corrected chi connectivity index (χ3v) is 12.3. The average molecular weight is 483 g/mol. The lowest BCUT2D eigenvalue weighted by Crippen LogP contribution is -2.51. The number of nitrogens with one attached hydrogen (secondary N) is 1. The summed E-state index contributed by atoms with van der Waals surface area (Å²) in [7, 11) is -1.90. The first-order valence-electron chi connectivity index (χ1n) is 10.7. The average Bonchev–Trinajstić information content (AvgIpc) is 2.67. The van der Waals surface area contributed by atoms with Crippen LogP contribution in [0.25, 0.3) is 0 Å². The summed E-state index contributed by atoms with van der Waals surface area (Å²) in [5.74, 6) is -1.89. The van der Waals surface area contributed by atoms with Gasteiger partial charge in [0.05, 0.1) is 12.3 Å². The minimum atomic E-state index is -1.90. The summed E-state index contributed by atoms with van der Waals surface area (Å²) in [6.45, 7) is 18.7. The topological polar surface area (TPSA) is 57.2 Å². The smallest absolute Gasteiger partial charge is 0.192 e. The Hall–Kier alpha value is -1.32. The van der Waals surface area contributed by atoms with E-state index in [1.54, 1.807) is 13.1 Å². The van der Waals surface area contributed by atoms with Crippen LogP contribution in [0.4, 0.5) is 8.78 Å². The SMILES string of the molecule is CC(C)(C)[S+]([O-])N[C@@](C)(c1ccc(F)c(F)c1)c1ccc(CO[Si](C)(C)C(C)(C)C)cn1. The maximum absolute atomic E-state index is 14.1. The fourth-order valence-corrected chi connectivity index (χ4v) is 4.55. The number of rotatable bonds is 7. The molecule has 0 bridgehead atoms. The molecule has 2 rings (SSSR count). The van der Waals surface area contributed by atoms with Crippen molar-refractivity contribution in [2.75, 3.05) is 0 Å². The van der Waals surface area contributed by atoms with Gasteiger partial charge in [0.2, 0.25) is 0 Å². The fraction of sp³-hybridized carbons (Fsp3) is 0.542. The molecule has 1 unspecified atom stereocenters. The first-order chi connectivity index (χ1) is 14.5. The summed E-state index contributed by atoms with van der Waals surface area (Å²) in [4.78, 5) is 4.60. The maximum atomic E-state index is 14.1. The number of hydrogen-bond acceptors (Lipinski definition) is 4. The zero-order valence-electron chi connectivity index (χ0n) is 20.6. The van der Waals surface area contributed by atoms with E-state index in [0.29, 0.717) is 17.9 Å². The van der Waals surface area contributed by atoms with Gasteiger partial charge in [0.15, 0.2) is 20.0 Å². The highest BCUT2D eigenvalue weighted by molar-refractivity contribution is 7.90. The minimum Gasteiger partial charge on any atom is -0.598 e. The Morgan fingerprint density at radius 2 is 1.62 bits per heavy atom. The highest BCUT2D eigenvalue weighted by atomic mass is 32.2. The Morgan fingerprint density at radius 1 is 1.00 bits per heavy atom. The molecule has 1 N–H and O–H groups in total. The first kappa shape index (κ1) is 26.9. The van der Waals surface area contributed by atoms with Crippen LogP contribution in [0.15, 0.2) is 36.5 Å². The van der Waals surface area contributed by atoms with Gasteiger partial charge in [-0.3, -0.25) is 4.98 Å². The van der Waals surface area contributed by atoms with Crippen molar-refractivity contribution in [3.05, 3.63) is 65.0 Å². The van der Waals surface area contributed by atoms with Crippen LogP contribution in [0.1, 0.15) is 65.3 Å². The number of nitrogens with zero attached hydrogens (tertiary/aromatic N) is 1. The summed E-state index contributed by atoms with van der Waals surface area (Å²) in [5.41, 5.74) is 0.818. The van der Waals surface area contributed by atoms with Gasteiger partial charge in [0.25, 0.3) is 0 Å². The van der Waals surface area contributed by atoms with E-state index in [0.717, 1.165) is 17.7 Å². The quantitative estimate of drug-likeness (QED) is 0.377. The Kier molecular flexibility index (Phi) is 8.00. The van der Waals surface area contributed by atoms with Crippen molar-refractivity contribution >= 4 is 19.7 Å². The molecule has 1 heterocycles. The third kappa shape index (κ3) is 6.17. The number of halogens is 2. The summed E-state index contributed by atoms with van der Waals surface area (Å²) < 4.78 is 49.4. The van der Waals surface area contributed by atoms with Gasteiger partial charge in [0, 0.05) is 17.6 Å². The van der Waals surface area contributed by atoms with E-state index in [9.17, 15) is 13.3 Å². The van der Waals surface area contributed by atoms with Crippen molar-refractivity contribution in [3.8, 4) is 0 Å². The molecule has 1 aromatic heterocycles. The van der Waals surface area contributed by atoms with Crippen LogP contribution in [0.3, 0.4) is 0 Å². The van der Waals surface area contributed by atoms with Crippen LogP contribution in [-0.2, 0) is 27.9 Å². The number of pyridine rings is 1. The minimum absolute atomic E-state index is 0.104. The highest BCUT2D eigenvalue weighted by Gasteiger charge is 2.40. The van der Waals surface area contributed by atoms with Gasteiger partial charge >= 0.3 is 0 Å².